The average Bonchev–Trinajstić information content (AvgIpc) is 3.74. The molecule has 0 saturated heterocycles. The summed E-state index contributed by atoms with van der Waals surface area (Å²) in [4.78, 5) is 50.0. The summed E-state index contributed by atoms with van der Waals surface area (Å²) in [6, 6.07) is 0. The second-order valence-electron chi connectivity index (χ2n) is 23.3. The van der Waals surface area contributed by atoms with E-state index >= 15 is 0 Å². The first-order valence-electron chi connectivity index (χ1n) is 24.8. The highest BCUT2D eigenvalue weighted by Crippen LogP contribution is 2.70. The van der Waals surface area contributed by atoms with Crippen molar-refractivity contribution in [3.8, 4) is 0 Å². The van der Waals surface area contributed by atoms with Crippen molar-refractivity contribution < 1.29 is 39.6 Å². The summed E-state index contributed by atoms with van der Waals surface area (Å²) in [6.07, 6.45) is 18.9. The lowest BCUT2D eigenvalue weighted by atomic mass is 9.42. The smallest absolute Gasteiger partial charge is 0.303 e. The summed E-state index contributed by atoms with van der Waals surface area (Å²) in [7, 11) is 0. The Morgan fingerprint density at radius 3 is 1.57 bits per heavy atom. The Bertz CT molecular complexity index is 1670. The number of ketones is 2. The Morgan fingerprint density at radius 2 is 1.08 bits per heavy atom. The first-order chi connectivity index (χ1) is 28.3. The minimum Gasteiger partial charge on any atom is -0.481 e. The molecule has 10 unspecified atom stereocenters. The summed E-state index contributed by atoms with van der Waals surface area (Å²) in [5, 5.41) is 39.0. The van der Waals surface area contributed by atoms with E-state index in [1.54, 1.807) is 0 Å². The number of carbonyl (C=O) groups excluding carboxylic acids is 2. The van der Waals surface area contributed by atoms with E-state index in [0.29, 0.717) is 64.8 Å². The molecule has 0 bridgehead atoms. The van der Waals surface area contributed by atoms with Crippen LogP contribution < -0.4 is 0 Å². The monoisotopic (exact) mass is 851 g/mol. The number of allylic oxidation sites excluding steroid dienone is 2. The molecule has 8 fully saturated rings. The lowest BCUT2D eigenvalue weighted by Gasteiger charge is -2.62. The number of carboxylic acid groups (broad SMARTS) is 2. The third kappa shape index (κ3) is 8.06. The van der Waals surface area contributed by atoms with Gasteiger partial charge in [-0.05, 0) is 202 Å². The van der Waals surface area contributed by atoms with Crippen molar-refractivity contribution in [2.24, 2.45) is 98.6 Å². The zero-order valence-electron chi connectivity index (χ0n) is 38.6. The highest BCUT2D eigenvalue weighted by molar-refractivity contribution is 5.99. The van der Waals surface area contributed by atoms with Crippen molar-refractivity contribution in [2.45, 2.75) is 197 Å². The Labute approximate surface area is 369 Å². The molecule has 8 nitrogen and oxygen atoms in total. The molecule has 8 heteroatoms. The number of carbonyl (C=O) groups is 4. The van der Waals surface area contributed by atoms with Crippen LogP contribution in [0.3, 0.4) is 0 Å². The predicted octanol–water partition coefficient (Wildman–Crippen LogP) is 11.2. The number of aliphatic hydroxyl groups is 2. The van der Waals surface area contributed by atoms with Gasteiger partial charge in [0, 0.05) is 30.6 Å². The average molecular weight is 851 g/mol. The fourth-order valence-electron chi connectivity index (χ4n) is 17.9. The standard InChI is InChI=1S/C26H42O4.C26H40O4.CH4/c2*1-5-17-21-14-16(27)10-12-26(21,4)20-11-13-25(3)18(15(2)6-9-22(28)29)7-8-19(25)23(20)24(17)30;/h15-21,23,27H,5-14H2,1-4H3,(H,28,29);5,15-16,18-21,23,27H,6-14H2,1-4H3,(H,28,29);1H4/b;17-5+;/t15-,16-,17-,18?,19?,20?,21?,23?,25-,26-;15-,16-,18?,19?,20?,21?,23?,25-,26-;/m11./s1. The van der Waals surface area contributed by atoms with Crippen molar-refractivity contribution >= 4 is 23.5 Å². The van der Waals surface area contributed by atoms with Gasteiger partial charge in [-0.15, -0.1) is 0 Å². The van der Waals surface area contributed by atoms with Crippen molar-refractivity contribution in [3.05, 3.63) is 11.6 Å². The quantitative estimate of drug-likeness (QED) is 0.168. The van der Waals surface area contributed by atoms with Gasteiger partial charge in [-0.3, -0.25) is 19.2 Å². The molecule has 0 spiro atoms. The molecule has 8 saturated carbocycles. The third-order valence-corrected chi connectivity index (χ3v) is 21.0. The topological polar surface area (TPSA) is 149 Å². The molecule has 0 heterocycles. The molecule has 0 radical (unpaired) electrons. The predicted molar refractivity (Wildman–Crippen MR) is 240 cm³/mol. The van der Waals surface area contributed by atoms with Crippen molar-refractivity contribution in [1.29, 1.82) is 0 Å². The van der Waals surface area contributed by atoms with Crippen LogP contribution in [0.15, 0.2) is 11.6 Å². The van der Waals surface area contributed by atoms with E-state index in [1.165, 1.54) is 6.42 Å². The second kappa shape index (κ2) is 18.1. The fourth-order valence-corrected chi connectivity index (χ4v) is 17.9. The number of aliphatic carboxylic acids is 2. The summed E-state index contributed by atoms with van der Waals surface area (Å²) in [5.41, 5.74) is 1.61. The van der Waals surface area contributed by atoms with Crippen LogP contribution in [-0.2, 0) is 19.2 Å². The van der Waals surface area contributed by atoms with Gasteiger partial charge in [0.1, 0.15) is 5.78 Å². The maximum absolute atomic E-state index is 13.9. The summed E-state index contributed by atoms with van der Waals surface area (Å²) in [5.74, 6) is 4.05. The lowest BCUT2D eigenvalue weighted by Crippen LogP contribution is -2.60. The van der Waals surface area contributed by atoms with Gasteiger partial charge >= 0.3 is 11.9 Å². The maximum atomic E-state index is 13.9. The van der Waals surface area contributed by atoms with Gasteiger partial charge in [-0.25, -0.2) is 0 Å². The highest BCUT2D eigenvalue weighted by atomic mass is 16.4. The Balaban J connectivity index is 0.000000201. The first-order valence-corrected chi connectivity index (χ1v) is 24.8. The molecule has 346 valence electrons. The van der Waals surface area contributed by atoms with Crippen LogP contribution in [0, 0.1) is 98.6 Å². The van der Waals surface area contributed by atoms with Crippen LogP contribution in [0.2, 0.25) is 0 Å². The molecule has 4 N–H and O–H groups in total. The van der Waals surface area contributed by atoms with Crippen molar-refractivity contribution in [2.75, 3.05) is 0 Å². The highest BCUT2D eigenvalue weighted by Gasteiger charge is 2.66. The zero-order chi connectivity index (χ0) is 43.7. The number of aliphatic hydroxyl groups excluding tert-OH is 2. The number of hydrogen-bond acceptors (Lipinski definition) is 6. The second-order valence-corrected chi connectivity index (χ2v) is 23.3. The van der Waals surface area contributed by atoms with E-state index in [0.717, 1.165) is 108 Å². The van der Waals surface area contributed by atoms with Crippen LogP contribution in [-0.4, -0.2) is 56.1 Å². The van der Waals surface area contributed by atoms with Crippen molar-refractivity contribution in [3.63, 3.8) is 0 Å². The normalized spacial score (nSPS) is 47.8. The lowest BCUT2D eigenvalue weighted by molar-refractivity contribution is -0.173. The van der Waals surface area contributed by atoms with E-state index in [2.05, 4.69) is 48.5 Å². The largest absolute Gasteiger partial charge is 0.481 e. The number of Topliss-reactive ketones (excluding diaryl/α,β-unsaturated/α-hetero) is 2. The maximum Gasteiger partial charge on any atom is 0.303 e. The summed E-state index contributed by atoms with van der Waals surface area (Å²) in [6.45, 7) is 18.3. The molecule has 8 rings (SSSR count). The number of fused-ring (bicyclic) bond motifs is 10. The first kappa shape index (κ1) is 48.4. The Morgan fingerprint density at radius 1 is 0.639 bits per heavy atom. The van der Waals surface area contributed by atoms with Crippen LogP contribution in [0.1, 0.15) is 185 Å². The van der Waals surface area contributed by atoms with Gasteiger partial charge in [0.15, 0.2) is 5.78 Å². The van der Waals surface area contributed by atoms with Gasteiger partial charge in [0.2, 0.25) is 0 Å². The van der Waals surface area contributed by atoms with Crippen LogP contribution in [0.25, 0.3) is 0 Å². The molecule has 19 atom stereocenters. The van der Waals surface area contributed by atoms with Gasteiger partial charge in [-0.2, -0.15) is 0 Å². The van der Waals surface area contributed by atoms with Crippen molar-refractivity contribution in [1.82, 2.24) is 0 Å². The van der Waals surface area contributed by atoms with Gasteiger partial charge in [0.05, 0.1) is 12.2 Å². The minimum atomic E-state index is -0.705. The fraction of sp³-hybridized carbons (Fsp3) is 0.887. The Kier molecular flexibility index (Phi) is 14.3. The van der Waals surface area contributed by atoms with Crippen LogP contribution in [0.4, 0.5) is 0 Å². The number of rotatable bonds is 9. The minimum absolute atomic E-state index is 0. The number of hydrogen-bond donors (Lipinski definition) is 4. The van der Waals surface area contributed by atoms with E-state index in [4.69, 9.17) is 10.2 Å². The van der Waals surface area contributed by atoms with E-state index in [9.17, 15) is 29.4 Å². The summed E-state index contributed by atoms with van der Waals surface area (Å²) < 4.78 is 0. The van der Waals surface area contributed by atoms with Crippen LogP contribution >= 0.6 is 0 Å². The molecule has 0 aromatic heterocycles. The molecule has 0 aliphatic heterocycles. The number of carboxylic acids is 2. The van der Waals surface area contributed by atoms with Gasteiger partial charge in [0.25, 0.3) is 0 Å². The summed E-state index contributed by atoms with van der Waals surface area (Å²) >= 11 is 0. The molecular formula is C53H86O8. The van der Waals surface area contributed by atoms with E-state index < -0.39 is 11.9 Å². The Hall–Kier alpha value is -2.06. The third-order valence-electron chi connectivity index (χ3n) is 21.0. The molecular weight excluding hydrogens is 765 g/mol. The van der Waals surface area contributed by atoms with E-state index in [1.807, 2.05) is 13.0 Å². The molecule has 8 aliphatic rings. The molecule has 0 aromatic rings. The molecule has 61 heavy (non-hydrogen) atoms. The van der Waals surface area contributed by atoms with Crippen LogP contribution in [0.5, 0.6) is 0 Å². The van der Waals surface area contributed by atoms with Gasteiger partial charge < -0.3 is 20.4 Å². The SMILES string of the molecule is C.C/C=C1/C(=O)C2C(CC[C@@]3(C)C2CCC3[C@H](C)CCC(=O)O)[C@@]2(C)CC[C@@H](O)CC12.CC[C@H]1C(=O)C2C3CCC([C@H](C)CCC(=O)O)[C@@]3(C)CCC2[C@@]2(C)CC[C@@H](O)CC12. The molecule has 8 aliphatic carbocycles. The van der Waals surface area contributed by atoms with Gasteiger partial charge in [-0.1, -0.05) is 62.0 Å². The molecule has 0 aromatic carbocycles. The van der Waals surface area contributed by atoms with E-state index in [-0.39, 0.29) is 77.8 Å². The zero-order valence-corrected chi connectivity index (χ0v) is 38.6. The molecule has 0 amide bonds.